The van der Waals surface area contributed by atoms with Crippen LogP contribution in [0.15, 0.2) is 53.3 Å². The summed E-state index contributed by atoms with van der Waals surface area (Å²) < 4.78 is 0. The highest BCUT2D eigenvalue weighted by molar-refractivity contribution is 6.12. The Morgan fingerprint density at radius 3 is 2.48 bits per heavy atom. The van der Waals surface area contributed by atoms with E-state index < -0.39 is 11.3 Å². The molecule has 0 aliphatic heterocycles. The quantitative estimate of drug-likeness (QED) is 0.524. The standard InChI is InChI=1S/C21H21NO3/c1-2-3-4-7-14-10-12-15(13-11-14)19(23)18-20(24)16-8-5-6-9-17(16)22-21(18)25/h5-6,8-13H,2-4,7H2,1H3,(H2,22,24,25). The largest absolute Gasteiger partial charge is 0.506 e. The van der Waals surface area contributed by atoms with Crippen molar-refractivity contribution in [2.45, 2.75) is 32.6 Å². The Bertz CT molecular complexity index is 955. The zero-order valence-corrected chi connectivity index (χ0v) is 14.2. The number of H-pyrrole nitrogens is 1. The summed E-state index contributed by atoms with van der Waals surface area (Å²) in [7, 11) is 0. The third kappa shape index (κ3) is 3.48. The molecule has 0 saturated carbocycles. The number of benzene rings is 2. The molecule has 0 fully saturated rings. The number of hydrogen-bond donors (Lipinski definition) is 2. The van der Waals surface area contributed by atoms with Gasteiger partial charge in [-0.05, 0) is 30.5 Å². The van der Waals surface area contributed by atoms with Crippen LogP contribution in [0.5, 0.6) is 5.75 Å². The lowest BCUT2D eigenvalue weighted by Gasteiger charge is -2.07. The average molecular weight is 335 g/mol. The first-order chi connectivity index (χ1) is 12.1. The highest BCUT2D eigenvalue weighted by Gasteiger charge is 2.20. The minimum atomic E-state index is -0.576. The summed E-state index contributed by atoms with van der Waals surface area (Å²) in [6, 6.07) is 14.1. The normalized spacial score (nSPS) is 10.9. The lowest BCUT2D eigenvalue weighted by molar-refractivity contribution is 0.103. The maximum absolute atomic E-state index is 12.7. The molecule has 2 N–H and O–H groups in total. The zero-order chi connectivity index (χ0) is 17.8. The molecule has 0 spiro atoms. The number of fused-ring (bicyclic) bond motifs is 1. The molecular formula is C21H21NO3. The minimum absolute atomic E-state index is 0.211. The second-order valence-corrected chi connectivity index (χ2v) is 6.21. The highest BCUT2D eigenvalue weighted by Crippen LogP contribution is 2.26. The third-order valence-electron chi connectivity index (χ3n) is 4.41. The number of aromatic amines is 1. The van der Waals surface area contributed by atoms with E-state index in [9.17, 15) is 14.7 Å². The van der Waals surface area contributed by atoms with Crippen molar-refractivity contribution in [3.05, 3.63) is 75.6 Å². The molecule has 0 saturated heterocycles. The number of pyridine rings is 1. The SMILES string of the molecule is CCCCCc1ccc(C(=O)c2c(O)c3ccccc3[nH]c2=O)cc1. The van der Waals surface area contributed by atoms with Crippen LogP contribution in [0.4, 0.5) is 0 Å². The van der Waals surface area contributed by atoms with E-state index >= 15 is 0 Å². The van der Waals surface area contributed by atoms with Crippen LogP contribution in [0, 0.1) is 0 Å². The Balaban J connectivity index is 1.93. The summed E-state index contributed by atoms with van der Waals surface area (Å²) in [5.41, 5.74) is 1.29. The summed E-state index contributed by atoms with van der Waals surface area (Å²) >= 11 is 0. The van der Waals surface area contributed by atoms with Crippen molar-refractivity contribution in [2.75, 3.05) is 0 Å². The topological polar surface area (TPSA) is 70.2 Å². The first kappa shape index (κ1) is 17.0. The van der Waals surface area contributed by atoms with E-state index in [1.165, 1.54) is 18.4 Å². The summed E-state index contributed by atoms with van der Waals surface area (Å²) in [5, 5.41) is 10.9. The van der Waals surface area contributed by atoms with Gasteiger partial charge in [-0.3, -0.25) is 9.59 Å². The van der Waals surface area contributed by atoms with Crippen molar-refractivity contribution >= 4 is 16.7 Å². The van der Waals surface area contributed by atoms with Gasteiger partial charge in [-0.15, -0.1) is 0 Å². The second-order valence-electron chi connectivity index (χ2n) is 6.21. The van der Waals surface area contributed by atoms with Gasteiger partial charge in [-0.2, -0.15) is 0 Å². The molecule has 3 aromatic rings. The number of aryl methyl sites for hydroxylation is 1. The Morgan fingerprint density at radius 2 is 1.76 bits per heavy atom. The number of carbonyl (C=O) groups is 1. The molecule has 4 nitrogen and oxygen atoms in total. The Hall–Kier alpha value is -2.88. The van der Waals surface area contributed by atoms with Crippen LogP contribution in [0.3, 0.4) is 0 Å². The molecule has 0 bridgehead atoms. The van der Waals surface area contributed by atoms with Gasteiger partial charge in [0.1, 0.15) is 11.3 Å². The van der Waals surface area contributed by atoms with Gasteiger partial charge in [0.15, 0.2) is 0 Å². The van der Waals surface area contributed by atoms with E-state index in [2.05, 4.69) is 11.9 Å². The van der Waals surface area contributed by atoms with E-state index in [0.29, 0.717) is 16.5 Å². The Kier molecular flexibility index (Phi) is 4.98. The number of para-hydroxylation sites is 1. The van der Waals surface area contributed by atoms with Gasteiger partial charge in [0, 0.05) is 10.9 Å². The molecule has 0 atom stereocenters. The predicted molar refractivity (Wildman–Crippen MR) is 99.3 cm³/mol. The molecule has 4 heteroatoms. The molecular weight excluding hydrogens is 314 g/mol. The van der Waals surface area contributed by atoms with Crippen LogP contribution in [0.2, 0.25) is 0 Å². The number of aromatic hydroxyl groups is 1. The first-order valence-corrected chi connectivity index (χ1v) is 8.59. The maximum Gasteiger partial charge on any atom is 0.263 e. The monoisotopic (exact) mass is 335 g/mol. The first-order valence-electron chi connectivity index (χ1n) is 8.59. The number of ketones is 1. The van der Waals surface area contributed by atoms with Gasteiger partial charge in [0.05, 0.1) is 5.52 Å². The van der Waals surface area contributed by atoms with Crippen molar-refractivity contribution in [2.24, 2.45) is 0 Å². The van der Waals surface area contributed by atoms with Crippen molar-refractivity contribution < 1.29 is 9.90 Å². The molecule has 1 aromatic heterocycles. The Labute approximate surface area is 146 Å². The molecule has 0 amide bonds. The fourth-order valence-electron chi connectivity index (χ4n) is 2.98. The molecule has 0 aliphatic carbocycles. The van der Waals surface area contributed by atoms with Gasteiger partial charge in [0.25, 0.3) is 5.56 Å². The Morgan fingerprint density at radius 1 is 1.04 bits per heavy atom. The van der Waals surface area contributed by atoms with E-state index in [1.54, 1.807) is 36.4 Å². The molecule has 3 rings (SSSR count). The lowest BCUT2D eigenvalue weighted by Crippen LogP contribution is -2.18. The zero-order valence-electron chi connectivity index (χ0n) is 14.2. The fraction of sp³-hybridized carbons (Fsp3) is 0.238. The summed E-state index contributed by atoms with van der Waals surface area (Å²) in [5.74, 6) is -0.735. The summed E-state index contributed by atoms with van der Waals surface area (Å²) in [6.45, 7) is 2.16. The van der Waals surface area contributed by atoms with Crippen LogP contribution in [0.1, 0.15) is 47.7 Å². The van der Waals surface area contributed by atoms with Gasteiger partial charge >= 0.3 is 0 Å². The van der Waals surface area contributed by atoms with Crippen molar-refractivity contribution in [1.82, 2.24) is 4.98 Å². The second kappa shape index (κ2) is 7.34. The van der Waals surface area contributed by atoms with Crippen LogP contribution >= 0.6 is 0 Å². The maximum atomic E-state index is 12.7. The third-order valence-corrected chi connectivity index (χ3v) is 4.41. The van der Waals surface area contributed by atoms with Crippen molar-refractivity contribution in [1.29, 1.82) is 0 Å². The van der Waals surface area contributed by atoms with Gasteiger partial charge in [-0.1, -0.05) is 56.2 Å². The number of nitrogens with one attached hydrogen (secondary N) is 1. The number of hydrogen-bond acceptors (Lipinski definition) is 3. The van der Waals surface area contributed by atoms with E-state index in [-0.39, 0.29) is 11.3 Å². The molecule has 25 heavy (non-hydrogen) atoms. The van der Waals surface area contributed by atoms with Gasteiger partial charge in [-0.25, -0.2) is 0 Å². The lowest BCUT2D eigenvalue weighted by atomic mass is 9.99. The van der Waals surface area contributed by atoms with E-state index in [0.717, 1.165) is 12.8 Å². The number of unbranched alkanes of at least 4 members (excludes halogenated alkanes) is 2. The van der Waals surface area contributed by atoms with Gasteiger partial charge < -0.3 is 10.1 Å². The van der Waals surface area contributed by atoms with E-state index in [1.807, 2.05) is 12.1 Å². The number of rotatable bonds is 6. The number of aromatic nitrogens is 1. The van der Waals surface area contributed by atoms with E-state index in [4.69, 9.17) is 0 Å². The molecule has 1 heterocycles. The predicted octanol–water partition coefficient (Wildman–Crippen LogP) is 4.20. The van der Waals surface area contributed by atoms with Crippen molar-refractivity contribution in [3.63, 3.8) is 0 Å². The average Bonchev–Trinajstić information content (AvgIpc) is 2.62. The molecule has 0 unspecified atom stereocenters. The number of carbonyl (C=O) groups excluding carboxylic acids is 1. The van der Waals surface area contributed by atoms with Crippen LogP contribution in [0.25, 0.3) is 10.9 Å². The minimum Gasteiger partial charge on any atom is -0.506 e. The summed E-state index contributed by atoms with van der Waals surface area (Å²) in [4.78, 5) is 27.7. The molecule has 2 aromatic carbocycles. The van der Waals surface area contributed by atoms with Crippen LogP contribution < -0.4 is 5.56 Å². The summed E-state index contributed by atoms with van der Waals surface area (Å²) in [6.07, 6.45) is 4.45. The molecule has 128 valence electrons. The molecule has 0 radical (unpaired) electrons. The van der Waals surface area contributed by atoms with Crippen molar-refractivity contribution in [3.8, 4) is 5.75 Å². The van der Waals surface area contributed by atoms with Crippen LogP contribution in [-0.4, -0.2) is 15.9 Å². The van der Waals surface area contributed by atoms with Gasteiger partial charge in [0.2, 0.25) is 5.78 Å². The molecule has 0 aliphatic rings. The van der Waals surface area contributed by atoms with Crippen LogP contribution in [-0.2, 0) is 6.42 Å². The highest BCUT2D eigenvalue weighted by atomic mass is 16.3. The smallest absolute Gasteiger partial charge is 0.263 e. The fourth-order valence-corrected chi connectivity index (χ4v) is 2.98.